The van der Waals surface area contributed by atoms with Gasteiger partial charge in [-0.05, 0) is 18.6 Å². The van der Waals surface area contributed by atoms with Crippen LogP contribution in [-0.2, 0) is 10.0 Å². The zero-order valence-electron chi connectivity index (χ0n) is 9.76. The number of hydrogen-bond acceptors (Lipinski definition) is 4. The van der Waals surface area contributed by atoms with E-state index in [0.29, 0.717) is 12.8 Å². The quantitative estimate of drug-likeness (QED) is 0.762. The highest BCUT2D eigenvalue weighted by atomic mass is 32.2. The van der Waals surface area contributed by atoms with Gasteiger partial charge < -0.3 is 5.73 Å². The van der Waals surface area contributed by atoms with E-state index in [1.807, 2.05) is 6.92 Å². The fourth-order valence-electron chi connectivity index (χ4n) is 1.36. The van der Waals surface area contributed by atoms with Crippen molar-refractivity contribution in [2.45, 2.75) is 30.8 Å². The molecule has 0 aliphatic rings. The molecule has 1 aromatic heterocycles. The molecule has 18 heavy (non-hydrogen) atoms. The van der Waals surface area contributed by atoms with Gasteiger partial charge in [-0.2, -0.15) is 4.72 Å². The van der Waals surface area contributed by atoms with Crippen molar-refractivity contribution in [3.63, 3.8) is 0 Å². The van der Waals surface area contributed by atoms with Gasteiger partial charge in [-0.15, -0.1) is 0 Å². The summed E-state index contributed by atoms with van der Waals surface area (Å²) in [6.45, 7) is 1.86. The van der Waals surface area contributed by atoms with Crippen molar-refractivity contribution in [2.75, 3.05) is 0 Å². The van der Waals surface area contributed by atoms with Gasteiger partial charge in [-0.25, -0.2) is 17.8 Å². The standard InChI is InChI=1S/C10H14FN3O2S2/c1-2-4-8(9(12)17)14-18(15,16)10-7(11)5-3-6-13-10/h3,5-6,8,14H,2,4H2,1H3,(H2,12,17). The number of nitrogens with zero attached hydrogens (tertiary/aromatic N) is 1. The smallest absolute Gasteiger partial charge is 0.261 e. The molecule has 0 fully saturated rings. The monoisotopic (exact) mass is 291 g/mol. The Morgan fingerprint density at radius 2 is 2.33 bits per heavy atom. The van der Waals surface area contributed by atoms with Crippen molar-refractivity contribution in [3.8, 4) is 0 Å². The van der Waals surface area contributed by atoms with E-state index >= 15 is 0 Å². The number of halogens is 1. The van der Waals surface area contributed by atoms with Crippen molar-refractivity contribution in [2.24, 2.45) is 5.73 Å². The van der Waals surface area contributed by atoms with Gasteiger partial charge in [0.25, 0.3) is 10.0 Å². The number of pyridine rings is 1. The molecule has 0 bridgehead atoms. The van der Waals surface area contributed by atoms with Crippen molar-refractivity contribution in [1.29, 1.82) is 0 Å². The third kappa shape index (κ3) is 3.69. The summed E-state index contributed by atoms with van der Waals surface area (Å²) in [5, 5.41) is -0.651. The molecule has 0 radical (unpaired) electrons. The molecule has 0 saturated carbocycles. The second kappa shape index (κ2) is 6.17. The SMILES string of the molecule is CCCC(NS(=O)(=O)c1ncccc1F)C(N)=S. The van der Waals surface area contributed by atoms with Gasteiger partial charge in [-0.1, -0.05) is 25.6 Å². The van der Waals surface area contributed by atoms with E-state index in [-0.39, 0.29) is 4.99 Å². The predicted molar refractivity (Wildman–Crippen MR) is 70.0 cm³/mol. The van der Waals surface area contributed by atoms with E-state index in [4.69, 9.17) is 18.0 Å². The first-order valence-electron chi connectivity index (χ1n) is 5.30. The molecule has 0 aromatic carbocycles. The summed E-state index contributed by atoms with van der Waals surface area (Å²) in [5.41, 5.74) is 5.44. The maximum absolute atomic E-state index is 13.4. The predicted octanol–water partition coefficient (Wildman–Crippen LogP) is 0.954. The molecule has 1 unspecified atom stereocenters. The minimum atomic E-state index is -4.06. The maximum Gasteiger partial charge on any atom is 0.261 e. The molecular weight excluding hydrogens is 277 g/mol. The first kappa shape index (κ1) is 14.9. The molecule has 100 valence electrons. The summed E-state index contributed by atoms with van der Waals surface area (Å²) in [7, 11) is -4.06. The second-order valence-electron chi connectivity index (χ2n) is 3.66. The average molecular weight is 291 g/mol. The fraction of sp³-hybridized carbons (Fsp3) is 0.400. The lowest BCUT2D eigenvalue weighted by Crippen LogP contribution is -2.43. The Hall–Kier alpha value is -1.12. The lowest BCUT2D eigenvalue weighted by Gasteiger charge is -2.16. The molecule has 0 aliphatic heterocycles. The minimum Gasteiger partial charge on any atom is -0.392 e. The summed E-state index contributed by atoms with van der Waals surface area (Å²) >= 11 is 4.77. The van der Waals surface area contributed by atoms with E-state index in [1.54, 1.807) is 0 Å². The number of nitrogens with one attached hydrogen (secondary N) is 1. The fourth-order valence-corrected chi connectivity index (χ4v) is 2.87. The largest absolute Gasteiger partial charge is 0.392 e. The van der Waals surface area contributed by atoms with Gasteiger partial charge in [0.2, 0.25) is 5.03 Å². The van der Waals surface area contributed by atoms with Crippen LogP contribution in [0.3, 0.4) is 0 Å². The van der Waals surface area contributed by atoms with Gasteiger partial charge in [0.1, 0.15) is 0 Å². The third-order valence-electron chi connectivity index (χ3n) is 2.20. The summed E-state index contributed by atoms with van der Waals surface area (Å²) in [6, 6.07) is 1.64. The van der Waals surface area contributed by atoms with Gasteiger partial charge in [-0.3, -0.25) is 0 Å². The Labute approximate surface area is 111 Å². The molecule has 1 rings (SSSR count). The molecule has 1 aromatic rings. The van der Waals surface area contributed by atoms with Crippen molar-refractivity contribution >= 4 is 27.2 Å². The highest BCUT2D eigenvalue weighted by Crippen LogP contribution is 2.11. The van der Waals surface area contributed by atoms with Crippen LogP contribution < -0.4 is 10.5 Å². The molecule has 0 aliphatic carbocycles. The van der Waals surface area contributed by atoms with Gasteiger partial charge >= 0.3 is 0 Å². The summed E-state index contributed by atoms with van der Waals surface area (Å²) in [5.74, 6) is -0.914. The number of nitrogens with two attached hydrogens (primary N) is 1. The molecule has 8 heteroatoms. The van der Waals surface area contributed by atoms with Crippen molar-refractivity contribution in [3.05, 3.63) is 24.1 Å². The van der Waals surface area contributed by atoms with Crippen molar-refractivity contribution in [1.82, 2.24) is 9.71 Å². The topological polar surface area (TPSA) is 85.1 Å². The molecule has 0 saturated heterocycles. The lowest BCUT2D eigenvalue weighted by molar-refractivity contribution is 0.536. The van der Waals surface area contributed by atoms with Crippen LogP contribution >= 0.6 is 12.2 Å². The molecule has 1 atom stereocenters. The summed E-state index contributed by atoms with van der Waals surface area (Å²) < 4.78 is 39.5. The summed E-state index contributed by atoms with van der Waals surface area (Å²) in [4.78, 5) is 3.54. The van der Waals surface area contributed by atoms with Crippen LogP contribution in [0.4, 0.5) is 4.39 Å². The van der Waals surface area contributed by atoms with E-state index in [1.165, 1.54) is 12.3 Å². The number of thiocarbonyl (C=S) groups is 1. The van der Waals surface area contributed by atoms with Crippen LogP contribution in [0.5, 0.6) is 0 Å². The molecule has 0 amide bonds. The normalized spacial score (nSPS) is 13.2. The first-order valence-corrected chi connectivity index (χ1v) is 7.19. The van der Waals surface area contributed by atoms with Gasteiger partial charge in [0, 0.05) is 6.20 Å². The Morgan fingerprint density at radius 3 is 2.83 bits per heavy atom. The third-order valence-corrected chi connectivity index (χ3v) is 3.89. The zero-order valence-corrected chi connectivity index (χ0v) is 11.4. The zero-order chi connectivity index (χ0) is 13.8. The minimum absolute atomic E-state index is 0.0248. The first-order chi connectivity index (χ1) is 8.38. The Kier molecular flexibility index (Phi) is 5.12. The van der Waals surface area contributed by atoms with E-state index < -0.39 is 26.9 Å². The number of hydrogen-bond donors (Lipinski definition) is 2. The van der Waals surface area contributed by atoms with E-state index in [9.17, 15) is 12.8 Å². The highest BCUT2D eigenvalue weighted by molar-refractivity contribution is 7.89. The maximum atomic E-state index is 13.4. The van der Waals surface area contributed by atoms with Gasteiger partial charge in [0.15, 0.2) is 5.82 Å². The van der Waals surface area contributed by atoms with Crippen molar-refractivity contribution < 1.29 is 12.8 Å². The van der Waals surface area contributed by atoms with Crippen LogP contribution in [0.25, 0.3) is 0 Å². The number of rotatable bonds is 6. The molecule has 3 N–H and O–H groups in total. The number of sulfonamides is 1. The van der Waals surface area contributed by atoms with Gasteiger partial charge in [0.05, 0.1) is 11.0 Å². The lowest BCUT2D eigenvalue weighted by atomic mass is 10.2. The van der Waals surface area contributed by atoms with Crippen LogP contribution in [0.15, 0.2) is 23.4 Å². The van der Waals surface area contributed by atoms with Crippen LogP contribution in [0.2, 0.25) is 0 Å². The Bertz CT molecular complexity index is 534. The Balaban J connectivity index is 3.01. The van der Waals surface area contributed by atoms with Crippen LogP contribution in [0.1, 0.15) is 19.8 Å². The Morgan fingerprint density at radius 1 is 1.67 bits per heavy atom. The highest BCUT2D eigenvalue weighted by Gasteiger charge is 2.25. The molecular formula is C10H14FN3O2S2. The van der Waals surface area contributed by atoms with Crippen LogP contribution in [-0.4, -0.2) is 24.4 Å². The van der Waals surface area contributed by atoms with E-state index in [2.05, 4.69) is 9.71 Å². The van der Waals surface area contributed by atoms with Crippen LogP contribution in [0, 0.1) is 5.82 Å². The van der Waals surface area contributed by atoms with E-state index in [0.717, 1.165) is 6.07 Å². The summed E-state index contributed by atoms with van der Waals surface area (Å²) in [6.07, 6.45) is 2.34. The average Bonchev–Trinajstić information content (AvgIpc) is 2.28. The molecule has 1 heterocycles. The second-order valence-corrected chi connectivity index (χ2v) is 5.76. The molecule has 0 spiro atoms. The molecule has 5 nitrogen and oxygen atoms in total. The number of aromatic nitrogens is 1.